The number of hydrogen-bond acceptors (Lipinski definition) is 8. The number of aliphatic carboxylic acids is 1. The predicted molar refractivity (Wildman–Crippen MR) is 163 cm³/mol. The normalized spacial score (nSPS) is 20.0. The van der Waals surface area contributed by atoms with Crippen molar-refractivity contribution >= 4 is 34.8 Å². The van der Waals surface area contributed by atoms with Crippen molar-refractivity contribution in [1.29, 1.82) is 0 Å². The van der Waals surface area contributed by atoms with Crippen molar-refractivity contribution in [1.82, 2.24) is 15.2 Å². The van der Waals surface area contributed by atoms with Crippen LogP contribution in [0.5, 0.6) is 5.75 Å². The molecule has 1 fully saturated rings. The first-order chi connectivity index (χ1) is 20.8. The second-order valence-electron chi connectivity index (χ2n) is 12.6. The van der Waals surface area contributed by atoms with Crippen LogP contribution in [-0.2, 0) is 36.9 Å². The second-order valence-corrected chi connectivity index (χ2v) is 12.6. The molecule has 11 nitrogen and oxygen atoms in total. The lowest BCUT2D eigenvalue weighted by Crippen LogP contribution is -2.53. The maximum absolute atomic E-state index is 14.0. The molecular formula is C33H43N3O8. The highest BCUT2D eigenvalue weighted by Gasteiger charge is 2.53. The Kier molecular flexibility index (Phi) is 10.2. The number of aromatic nitrogens is 1. The van der Waals surface area contributed by atoms with Crippen LogP contribution in [0.1, 0.15) is 83.9 Å². The Balaban J connectivity index is 1.62. The van der Waals surface area contributed by atoms with E-state index < -0.39 is 47.2 Å². The van der Waals surface area contributed by atoms with E-state index in [1.807, 2.05) is 30.3 Å². The van der Waals surface area contributed by atoms with Crippen LogP contribution in [0.4, 0.5) is 4.79 Å². The number of nitrogens with one attached hydrogen (secondary N) is 1. The van der Waals surface area contributed by atoms with E-state index >= 15 is 0 Å². The number of benzene rings is 1. The van der Waals surface area contributed by atoms with Gasteiger partial charge >= 0.3 is 18.0 Å². The summed E-state index contributed by atoms with van der Waals surface area (Å²) in [5.74, 6) is -1.64. The Morgan fingerprint density at radius 1 is 1.23 bits per heavy atom. The summed E-state index contributed by atoms with van der Waals surface area (Å²) in [7, 11) is 0. The summed E-state index contributed by atoms with van der Waals surface area (Å²) in [5, 5.41) is 13.8. The third kappa shape index (κ3) is 7.86. The molecule has 1 spiro atoms. The van der Waals surface area contributed by atoms with Gasteiger partial charge in [0, 0.05) is 24.3 Å². The molecule has 1 aromatic carbocycles. The number of carboxylic acids is 1. The van der Waals surface area contributed by atoms with Crippen molar-refractivity contribution in [3.63, 3.8) is 0 Å². The first kappa shape index (κ1) is 32.8. The van der Waals surface area contributed by atoms with Gasteiger partial charge in [0.25, 0.3) is 0 Å². The second kappa shape index (κ2) is 13.7. The Labute approximate surface area is 257 Å². The molecular weight excluding hydrogens is 566 g/mol. The molecule has 2 aliphatic rings. The number of allylic oxidation sites excluding steroid dienone is 1. The van der Waals surface area contributed by atoms with E-state index in [0.29, 0.717) is 37.1 Å². The van der Waals surface area contributed by atoms with Gasteiger partial charge < -0.3 is 29.5 Å². The van der Waals surface area contributed by atoms with Crippen LogP contribution in [0.15, 0.2) is 36.9 Å². The highest BCUT2D eigenvalue weighted by atomic mass is 16.6. The Morgan fingerprint density at radius 2 is 1.98 bits per heavy atom. The smallest absolute Gasteiger partial charge is 0.408 e. The van der Waals surface area contributed by atoms with Crippen LogP contribution in [0.2, 0.25) is 0 Å². The molecule has 1 saturated heterocycles. The molecule has 0 saturated carbocycles. The zero-order valence-electron chi connectivity index (χ0n) is 26.0. The number of pyridine rings is 1. The zero-order valence-corrected chi connectivity index (χ0v) is 26.0. The number of ether oxygens (including phenoxy) is 3. The fourth-order valence-electron chi connectivity index (χ4n) is 5.95. The summed E-state index contributed by atoms with van der Waals surface area (Å²) in [6.07, 6.45) is 5.73. The maximum Gasteiger partial charge on any atom is 0.408 e. The molecule has 2 aromatic rings. The number of rotatable bonds is 11. The summed E-state index contributed by atoms with van der Waals surface area (Å²) in [6, 6.07) is 5.49. The maximum atomic E-state index is 14.0. The van der Waals surface area contributed by atoms with Gasteiger partial charge in [0.15, 0.2) is 0 Å². The molecule has 0 unspecified atom stereocenters. The van der Waals surface area contributed by atoms with E-state index in [2.05, 4.69) is 11.9 Å². The Bertz CT molecular complexity index is 1420. The third-order valence-corrected chi connectivity index (χ3v) is 7.94. The topological polar surface area (TPSA) is 144 Å². The fraction of sp³-hybridized carbons (Fsp3) is 0.545. The highest BCUT2D eigenvalue weighted by Crippen LogP contribution is 2.45. The highest BCUT2D eigenvalue weighted by molar-refractivity contribution is 5.90. The summed E-state index contributed by atoms with van der Waals surface area (Å²) in [4.78, 5) is 56.9. The standard InChI is InChI=1S/C33H43N3O8/c1-6-7-8-9-10-15-25(35-31(41)44-32(3,4)5)29(38)36-20-33(18-27(36)30(39)40)17-16-23-22-13-11-12-14-24(22)34-26(28(23)43-33)19-42-21(2)37/h6,11-14,25,27H,1,7-10,15-20H2,2-5H3,(H,35,41)(H,39,40)/t25-,27-,33+/m0/s1. The molecule has 0 bridgehead atoms. The van der Waals surface area contributed by atoms with Gasteiger partial charge in [-0.15, -0.1) is 6.58 Å². The lowest BCUT2D eigenvalue weighted by atomic mass is 9.87. The number of esters is 1. The average molecular weight is 610 g/mol. The Morgan fingerprint density at radius 3 is 2.66 bits per heavy atom. The number of para-hydroxylation sites is 1. The monoisotopic (exact) mass is 609 g/mol. The molecule has 2 amide bonds. The minimum Gasteiger partial charge on any atom is -0.483 e. The number of carboxylic acid groups (broad SMARTS) is 1. The number of alkyl carbamates (subject to hydrolysis) is 1. The number of likely N-dealkylation sites (tertiary alicyclic amines) is 1. The fourth-order valence-corrected chi connectivity index (χ4v) is 5.95. The first-order valence-corrected chi connectivity index (χ1v) is 15.2. The number of carbonyl (C=O) groups excluding carboxylic acids is 3. The van der Waals surface area contributed by atoms with Crippen molar-refractivity contribution in [3.05, 3.63) is 48.2 Å². The van der Waals surface area contributed by atoms with Gasteiger partial charge in [0.2, 0.25) is 5.91 Å². The molecule has 0 aliphatic carbocycles. The van der Waals surface area contributed by atoms with Crippen molar-refractivity contribution in [3.8, 4) is 5.75 Å². The number of carbonyl (C=O) groups is 4. The predicted octanol–water partition coefficient (Wildman–Crippen LogP) is 5.08. The Hall–Kier alpha value is -4.15. The molecule has 4 rings (SSSR count). The van der Waals surface area contributed by atoms with Gasteiger partial charge in [-0.25, -0.2) is 14.6 Å². The van der Waals surface area contributed by atoms with Gasteiger partial charge in [0.1, 0.15) is 41.3 Å². The van der Waals surface area contributed by atoms with Crippen LogP contribution in [0.3, 0.4) is 0 Å². The quantitative estimate of drug-likeness (QED) is 0.202. The molecule has 3 atom stereocenters. The van der Waals surface area contributed by atoms with E-state index in [1.165, 1.54) is 11.8 Å². The number of aryl methyl sites for hydroxylation is 1. The van der Waals surface area contributed by atoms with Crippen LogP contribution in [0, 0.1) is 0 Å². The van der Waals surface area contributed by atoms with Gasteiger partial charge in [-0.05, 0) is 58.9 Å². The number of hydrogen-bond donors (Lipinski definition) is 2. The van der Waals surface area contributed by atoms with E-state index in [-0.39, 0.29) is 19.6 Å². The molecule has 3 heterocycles. The number of unbranched alkanes of at least 4 members (excludes halogenated alkanes) is 3. The number of amides is 2. The largest absolute Gasteiger partial charge is 0.483 e. The minimum absolute atomic E-state index is 0.0189. The molecule has 238 valence electrons. The van der Waals surface area contributed by atoms with E-state index in [4.69, 9.17) is 19.2 Å². The van der Waals surface area contributed by atoms with Gasteiger partial charge in [0.05, 0.1) is 12.1 Å². The molecule has 2 aliphatic heterocycles. The summed E-state index contributed by atoms with van der Waals surface area (Å²) >= 11 is 0. The van der Waals surface area contributed by atoms with Crippen molar-refractivity contribution in [2.75, 3.05) is 6.54 Å². The third-order valence-electron chi connectivity index (χ3n) is 7.94. The number of nitrogens with zero attached hydrogens (tertiary/aromatic N) is 2. The molecule has 0 radical (unpaired) electrons. The van der Waals surface area contributed by atoms with Crippen LogP contribution >= 0.6 is 0 Å². The van der Waals surface area contributed by atoms with Gasteiger partial charge in [-0.3, -0.25) is 9.59 Å². The summed E-state index contributed by atoms with van der Waals surface area (Å²) in [6.45, 7) is 10.2. The van der Waals surface area contributed by atoms with E-state index in [1.54, 1.807) is 20.8 Å². The summed E-state index contributed by atoms with van der Waals surface area (Å²) in [5.41, 5.74) is 0.316. The lowest BCUT2D eigenvalue weighted by molar-refractivity contribution is -0.149. The van der Waals surface area contributed by atoms with Crippen molar-refractivity contribution in [2.24, 2.45) is 0 Å². The van der Waals surface area contributed by atoms with Crippen LogP contribution in [0.25, 0.3) is 10.9 Å². The zero-order chi connectivity index (χ0) is 32.1. The van der Waals surface area contributed by atoms with E-state index in [9.17, 15) is 24.3 Å². The van der Waals surface area contributed by atoms with Crippen LogP contribution in [-0.4, -0.2) is 68.8 Å². The number of fused-ring (bicyclic) bond motifs is 3. The van der Waals surface area contributed by atoms with Crippen molar-refractivity contribution in [2.45, 2.75) is 109 Å². The molecule has 44 heavy (non-hydrogen) atoms. The average Bonchev–Trinajstić information content (AvgIpc) is 3.32. The van der Waals surface area contributed by atoms with Gasteiger partial charge in [-0.1, -0.05) is 37.1 Å². The van der Waals surface area contributed by atoms with Crippen molar-refractivity contribution < 1.29 is 38.5 Å². The van der Waals surface area contributed by atoms with E-state index in [0.717, 1.165) is 35.7 Å². The lowest BCUT2D eigenvalue weighted by Gasteiger charge is -2.37. The minimum atomic E-state index is -1.15. The SMILES string of the molecule is C=CCCCCC[C@H](NC(=O)OC(C)(C)C)C(=O)N1C[C@@]2(CCc3c(c(COC(C)=O)nc4ccccc34)O2)C[C@H]1C(=O)O. The first-order valence-electron chi connectivity index (χ1n) is 15.2. The molecule has 2 N–H and O–H groups in total. The molecule has 11 heteroatoms. The molecule has 1 aromatic heterocycles. The van der Waals surface area contributed by atoms with Gasteiger partial charge in [-0.2, -0.15) is 0 Å². The van der Waals surface area contributed by atoms with Crippen LogP contribution < -0.4 is 10.1 Å². The summed E-state index contributed by atoms with van der Waals surface area (Å²) < 4.78 is 17.3.